The second kappa shape index (κ2) is 5.42. The number of aromatic nitrogens is 1. The van der Waals surface area contributed by atoms with Crippen LogP contribution in [0.3, 0.4) is 0 Å². The van der Waals surface area contributed by atoms with Crippen LogP contribution >= 0.6 is 0 Å². The quantitative estimate of drug-likeness (QED) is 0.889. The van der Waals surface area contributed by atoms with Crippen molar-refractivity contribution in [3.8, 4) is 0 Å². The van der Waals surface area contributed by atoms with Crippen molar-refractivity contribution in [2.75, 3.05) is 13.1 Å². The number of nitrogens with one attached hydrogen (secondary N) is 1. The van der Waals surface area contributed by atoms with Crippen LogP contribution in [0.5, 0.6) is 0 Å². The van der Waals surface area contributed by atoms with E-state index in [0.717, 1.165) is 25.1 Å². The third kappa shape index (κ3) is 3.02. The van der Waals surface area contributed by atoms with Crippen LogP contribution < -0.4 is 4.72 Å². The summed E-state index contributed by atoms with van der Waals surface area (Å²) in [5.41, 5.74) is 1.00. The molecule has 3 rings (SSSR count). The molecule has 6 heteroatoms. The smallest absolute Gasteiger partial charge is 0.216 e. The van der Waals surface area contributed by atoms with Crippen LogP contribution in [0.15, 0.2) is 24.4 Å². The summed E-state index contributed by atoms with van der Waals surface area (Å²) in [5.74, 6) is 0. The van der Waals surface area contributed by atoms with Crippen molar-refractivity contribution in [3.63, 3.8) is 0 Å². The highest BCUT2D eigenvalue weighted by molar-refractivity contribution is 7.90. The first-order valence-electron chi connectivity index (χ1n) is 7.22. The Morgan fingerprint density at radius 2 is 2.15 bits per heavy atom. The third-order valence-electron chi connectivity index (χ3n) is 4.19. The monoisotopic (exact) mass is 295 g/mol. The molecule has 1 aromatic heterocycles. The Balaban J connectivity index is 1.64. The largest absolute Gasteiger partial charge is 0.294 e. The molecular formula is C14H21N3O2S. The van der Waals surface area contributed by atoms with Crippen molar-refractivity contribution >= 4 is 10.0 Å². The summed E-state index contributed by atoms with van der Waals surface area (Å²) < 4.78 is 27.3. The molecule has 0 bridgehead atoms. The topological polar surface area (TPSA) is 62.3 Å². The van der Waals surface area contributed by atoms with Crippen LogP contribution in [0.25, 0.3) is 0 Å². The van der Waals surface area contributed by atoms with E-state index >= 15 is 0 Å². The van der Waals surface area contributed by atoms with Crippen LogP contribution in [-0.4, -0.2) is 42.7 Å². The molecule has 2 heterocycles. The van der Waals surface area contributed by atoms with E-state index in [2.05, 4.69) is 21.5 Å². The summed E-state index contributed by atoms with van der Waals surface area (Å²) >= 11 is 0. The minimum absolute atomic E-state index is 0.164. The second-order valence-corrected chi connectivity index (χ2v) is 7.77. The van der Waals surface area contributed by atoms with Crippen molar-refractivity contribution in [2.45, 2.75) is 43.5 Å². The lowest BCUT2D eigenvalue weighted by Crippen LogP contribution is -2.37. The Hall–Kier alpha value is -0.980. The van der Waals surface area contributed by atoms with E-state index in [0.29, 0.717) is 13.0 Å². The van der Waals surface area contributed by atoms with Gasteiger partial charge in [-0.15, -0.1) is 0 Å². The Morgan fingerprint density at radius 3 is 2.80 bits per heavy atom. The Labute approximate surface area is 120 Å². The van der Waals surface area contributed by atoms with Crippen LogP contribution in [0.4, 0.5) is 0 Å². The predicted molar refractivity (Wildman–Crippen MR) is 77.7 cm³/mol. The summed E-state index contributed by atoms with van der Waals surface area (Å²) in [7, 11) is -3.16. The number of hydrogen-bond donors (Lipinski definition) is 1. The second-order valence-electron chi connectivity index (χ2n) is 5.77. The summed E-state index contributed by atoms with van der Waals surface area (Å²) in [6.45, 7) is 3.50. The maximum atomic E-state index is 12.2. The zero-order valence-electron chi connectivity index (χ0n) is 11.7. The molecule has 0 spiro atoms. The normalized spacial score (nSPS) is 25.8. The molecule has 1 N–H and O–H groups in total. The zero-order valence-corrected chi connectivity index (χ0v) is 12.5. The zero-order chi connectivity index (χ0) is 14.2. The molecule has 0 radical (unpaired) electrons. The molecule has 2 aliphatic rings. The number of pyridine rings is 1. The molecule has 1 aromatic rings. The number of rotatable bonds is 5. The summed E-state index contributed by atoms with van der Waals surface area (Å²) in [4.78, 5) is 6.57. The maximum Gasteiger partial charge on any atom is 0.216 e. The third-order valence-corrected chi connectivity index (χ3v) is 6.11. The van der Waals surface area contributed by atoms with Gasteiger partial charge in [-0.1, -0.05) is 6.07 Å². The first-order chi connectivity index (χ1) is 9.56. The van der Waals surface area contributed by atoms with Crippen molar-refractivity contribution in [3.05, 3.63) is 30.1 Å². The lowest BCUT2D eigenvalue weighted by atomic mass is 10.2. The van der Waals surface area contributed by atoms with Crippen LogP contribution in [0, 0.1) is 0 Å². The van der Waals surface area contributed by atoms with E-state index in [1.54, 1.807) is 6.20 Å². The van der Waals surface area contributed by atoms with Gasteiger partial charge < -0.3 is 0 Å². The molecule has 1 saturated heterocycles. The number of likely N-dealkylation sites (tertiary alicyclic amines) is 1. The lowest BCUT2D eigenvalue weighted by Gasteiger charge is -2.23. The van der Waals surface area contributed by atoms with E-state index in [1.165, 1.54) is 0 Å². The minimum Gasteiger partial charge on any atom is -0.294 e. The molecule has 0 amide bonds. The van der Waals surface area contributed by atoms with E-state index < -0.39 is 10.0 Å². The molecule has 1 aliphatic carbocycles. The van der Waals surface area contributed by atoms with E-state index in [1.807, 2.05) is 18.2 Å². The molecule has 5 nitrogen and oxygen atoms in total. The van der Waals surface area contributed by atoms with Gasteiger partial charge in [0.2, 0.25) is 10.0 Å². The Bertz CT molecular complexity index is 557. The van der Waals surface area contributed by atoms with Gasteiger partial charge in [-0.25, -0.2) is 13.1 Å². The maximum absolute atomic E-state index is 12.2. The van der Waals surface area contributed by atoms with Gasteiger partial charge in [-0.05, 0) is 38.3 Å². The number of nitrogens with zero attached hydrogens (tertiary/aromatic N) is 2. The van der Waals surface area contributed by atoms with Gasteiger partial charge in [0.25, 0.3) is 0 Å². The summed E-state index contributed by atoms with van der Waals surface area (Å²) in [6, 6.07) is 6.22. The number of hydrogen-bond acceptors (Lipinski definition) is 4. The molecule has 1 saturated carbocycles. The molecule has 2 fully saturated rings. The highest BCUT2D eigenvalue weighted by Crippen LogP contribution is 2.27. The van der Waals surface area contributed by atoms with Crippen molar-refractivity contribution in [1.82, 2.24) is 14.6 Å². The van der Waals surface area contributed by atoms with Gasteiger partial charge in [-0.3, -0.25) is 9.88 Å². The molecular weight excluding hydrogens is 274 g/mol. The molecule has 110 valence electrons. The van der Waals surface area contributed by atoms with Crippen molar-refractivity contribution < 1.29 is 8.42 Å². The minimum atomic E-state index is -3.16. The van der Waals surface area contributed by atoms with Crippen LogP contribution in [-0.2, 0) is 10.0 Å². The van der Waals surface area contributed by atoms with E-state index in [9.17, 15) is 8.42 Å². The highest BCUT2D eigenvalue weighted by atomic mass is 32.2. The predicted octanol–water partition coefficient (Wildman–Crippen LogP) is 1.30. The van der Waals surface area contributed by atoms with Gasteiger partial charge in [0.1, 0.15) is 0 Å². The average Bonchev–Trinajstić information content (AvgIpc) is 3.09. The van der Waals surface area contributed by atoms with Gasteiger partial charge in [0, 0.05) is 31.4 Å². The van der Waals surface area contributed by atoms with E-state index in [-0.39, 0.29) is 17.3 Å². The lowest BCUT2D eigenvalue weighted by molar-refractivity contribution is 0.258. The average molecular weight is 295 g/mol. The first kappa shape index (κ1) is 14.0. The molecule has 0 unspecified atom stereocenters. The molecule has 2 atom stereocenters. The number of sulfonamides is 1. The fourth-order valence-corrected chi connectivity index (χ4v) is 4.40. The summed E-state index contributed by atoms with van der Waals surface area (Å²) in [5, 5.41) is -0.283. The fraction of sp³-hybridized carbons (Fsp3) is 0.643. The van der Waals surface area contributed by atoms with Gasteiger partial charge in [-0.2, -0.15) is 0 Å². The van der Waals surface area contributed by atoms with E-state index in [4.69, 9.17) is 0 Å². The van der Waals surface area contributed by atoms with Crippen LogP contribution in [0.2, 0.25) is 0 Å². The van der Waals surface area contributed by atoms with Crippen molar-refractivity contribution in [1.29, 1.82) is 0 Å². The fourth-order valence-electron chi connectivity index (χ4n) is 2.70. The molecule has 0 aromatic carbocycles. The molecule has 20 heavy (non-hydrogen) atoms. The molecule has 1 aliphatic heterocycles. The van der Waals surface area contributed by atoms with Gasteiger partial charge >= 0.3 is 0 Å². The Kier molecular flexibility index (Phi) is 3.79. The highest BCUT2D eigenvalue weighted by Gasteiger charge is 2.38. The first-order valence-corrected chi connectivity index (χ1v) is 8.77. The van der Waals surface area contributed by atoms with Crippen LogP contribution in [0.1, 0.15) is 37.9 Å². The van der Waals surface area contributed by atoms with Crippen molar-refractivity contribution in [2.24, 2.45) is 0 Å². The SMILES string of the molecule is C[C@@H](c1ccccn1)N1CC[C@@H](S(=O)(=O)NC2CC2)C1. The van der Waals surface area contributed by atoms with Gasteiger partial charge in [0.15, 0.2) is 0 Å². The van der Waals surface area contributed by atoms with Gasteiger partial charge in [0.05, 0.1) is 10.9 Å². The standard InChI is InChI=1S/C14H21N3O2S/c1-11(14-4-2-3-8-15-14)17-9-7-13(10-17)20(18,19)16-12-5-6-12/h2-4,8,11-13,16H,5-7,9-10H2,1H3/t11-,13+/m0/s1. The summed E-state index contributed by atoms with van der Waals surface area (Å²) in [6.07, 6.45) is 4.46. The Morgan fingerprint density at radius 1 is 1.35 bits per heavy atom.